The lowest BCUT2D eigenvalue weighted by molar-refractivity contribution is -0.134. The number of morpholine rings is 1. The van der Waals surface area contributed by atoms with Crippen molar-refractivity contribution in [1.82, 2.24) is 15.1 Å². The fourth-order valence-corrected chi connectivity index (χ4v) is 2.75. The van der Waals surface area contributed by atoms with Crippen molar-refractivity contribution >= 4 is 5.91 Å². The fraction of sp³-hybridized carbons (Fsp3) is 0.933. The van der Waals surface area contributed by atoms with Crippen molar-refractivity contribution in [2.45, 2.75) is 32.7 Å². The summed E-state index contributed by atoms with van der Waals surface area (Å²) in [6.45, 7) is 11.8. The van der Waals surface area contributed by atoms with Crippen LogP contribution in [0.4, 0.5) is 0 Å². The molecule has 1 unspecified atom stereocenters. The first-order valence-electron chi connectivity index (χ1n) is 7.96. The van der Waals surface area contributed by atoms with Gasteiger partial charge in [-0.05, 0) is 18.9 Å². The van der Waals surface area contributed by atoms with E-state index in [1.54, 1.807) is 0 Å². The van der Waals surface area contributed by atoms with Crippen LogP contribution >= 0.6 is 0 Å². The molecule has 0 saturated carbocycles. The Hall–Kier alpha value is -0.650. The highest BCUT2D eigenvalue weighted by molar-refractivity contribution is 5.77. The molecule has 2 fully saturated rings. The van der Waals surface area contributed by atoms with Crippen LogP contribution in [0.2, 0.25) is 0 Å². The summed E-state index contributed by atoms with van der Waals surface area (Å²) in [5, 5.41) is 3.35. The predicted octanol–water partition coefficient (Wildman–Crippen LogP) is 0.555. The highest BCUT2D eigenvalue weighted by Gasteiger charge is 2.24. The highest BCUT2D eigenvalue weighted by atomic mass is 16.5. The lowest BCUT2D eigenvalue weighted by atomic mass is 10.1. The average molecular weight is 283 g/mol. The van der Waals surface area contributed by atoms with Gasteiger partial charge in [0.15, 0.2) is 0 Å². The topological polar surface area (TPSA) is 44.8 Å². The Morgan fingerprint density at radius 3 is 2.65 bits per heavy atom. The van der Waals surface area contributed by atoms with Crippen LogP contribution < -0.4 is 5.32 Å². The van der Waals surface area contributed by atoms with E-state index in [2.05, 4.69) is 24.1 Å². The second kappa shape index (κ2) is 7.96. The van der Waals surface area contributed by atoms with Gasteiger partial charge in [0.25, 0.3) is 0 Å². The van der Waals surface area contributed by atoms with Gasteiger partial charge in [0.2, 0.25) is 5.91 Å². The molecule has 0 aromatic rings. The van der Waals surface area contributed by atoms with Crippen LogP contribution in [-0.4, -0.2) is 74.2 Å². The molecule has 0 spiro atoms. The minimum absolute atomic E-state index is 0.204. The van der Waals surface area contributed by atoms with Crippen molar-refractivity contribution in [2.75, 3.05) is 52.5 Å². The van der Waals surface area contributed by atoms with Crippen LogP contribution in [0.5, 0.6) is 0 Å². The Bertz CT molecular complexity index is 295. The van der Waals surface area contributed by atoms with Crippen molar-refractivity contribution in [2.24, 2.45) is 5.92 Å². The van der Waals surface area contributed by atoms with E-state index in [0.717, 1.165) is 51.8 Å². The van der Waals surface area contributed by atoms with Crippen molar-refractivity contribution in [1.29, 1.82) is 0 Å². The van der Waals surface area contributed by atoms with Crippen LogP contribution in [0.25, 0.3) is 0 Å². The molecule has 1 atom stereocenters. The van der Waals surface area contributed by atoms with Crippen molar-refractivity contribution < 1.29 is 9.53 Å². The second-order valence-corrected chi connectivity index (χ2v) is 6.34. The molecule has 0 aromatic heterocycles. The maximum atomic E-state index is 12.3. The number of nitrogens with one attached hydrogen (secondary N) is 1. The quantitative estimate of drug-likeness (QED) is 0.800. The smallest absolute Gasteiger partial charge is 0.224 e. The second-order valence-electron chi connectivity index (χ2n) is 6.34. The molecular weight excluding hydrogens is 254 g/mol. The molecule has 20 heavy (non-hydrogen) atoms. The monoisotopic (exact) mass is 283 g/mol. The van der Waals surface area contributed by atoms with Gasteiger partial charge >= 0.3 is 0 Å². The van der Waals surface area contributed by atoms with Crippen LogP contribution in [-0.2, 0) is 9.53 Å². The molecule has 0 radical (unpaired) electrons. The molecule has 2 heterocycles. The first kappa shape index (κ1) is 15.7. The maximum Gasteiger partial charge on any atom is 0.224 e. The minimum Gasteiger partial charge on any atom is -0.378 e. The van der Waals surface area contributed by atoms with E-state index in [4.69, 9.17) is 4.74 Å². The highest BCUT2D eigenvalue weighted by Crippen LogP contribution is 2.09. The third-order valence-electron chi connectivity index (χ3n) is 4.17. The average Bonchev–Trinajstić information content (AvgIpc) is 2.46. The summed E-state index contributed by atoms with van der Waals surface area (Å²) in [7, 11) is 0. The normalized spacial score (nSPS) is 25.1. The number of carbonyl (C=O) groups excluding carboxylic acids is 1. The van der Waals surface area contributed by atoms with Gasteiger partial charge in [-0.3, -0.25) is 9.69 Å². The first-order chi connectivity index (χ1) is 9.65. The molecule has 1 amide bonds. The fourth-order valence-electron chi connectivity index (χ4n) is 2.75. The van der Waals surface area contributed by atoms with Crippen molar-refractivity contribution in [3.8, 4) is 0 Å². The summed E-state index contributed by atoms with van der Waals surface area (Å²) in [6.07, 6.45) is 1.82. The molecular formula is C15H29N3O2. The minimum atomic E-state index is 0.204. The SMILES string of the molecule is CC(C)CCN1CCN(C(=O)CC2COCCN2)CC1. The van der Waals surface area contributed by atoms with Gasteiger partial charge in [0.05, 0.1) is 13.2 Å². The zero-order valence-corrected chi connectivity index (χ0v) is 12.9. The number of piperazine rings is 1. The van der Waals surface area contributed by atoms with Crippen molar-refractivity contribution in [3.05, 3.63) is 0 Å². The third-order valence-corrected chi connectivity index (χ3v) is 4.17. The molecule has 0 aromatic carbocycles. The summed E-state index contributed by atoms with van der Waals surface area (Å²) in [4.78, 5) is 16.7. The van der Waals surface area contributed by atoms with Crippen LogP contribution in [0.3, 0.4) is 0 Å². The Morgan fingerprint density at radius 2 is 2.05 bits per heavy atom. The molecule has 1 N–H and O–H groups in total. The van der Waals surface area contributed by atoms with E-state index >= 15 is 0 Å². The number of hydrogen-bond donors (Lipinski definition) is 1. The zero-order valence-electron chi connectivity index (χ0n) is 12.9. The molecule has 2 aliphatic rings. The summed E-state index contributed by atoms with van der Waals surface area (Å²) < 4.78 is 5.40. The molecule has 5 heteroatoms. The number of hydrogen-bond acceptors (Lipinski definition) is 4. The summed E-state index contributed by atoms with van der Waals surface area (Å²) in [6, 6.07) is 0.204. The van der Waals surface area contributed by atoms with Gasteiger partial charge in [-0.1, -0.05) is 13.8 Å². The van der Waals surface area contributed by atoms with Gasteiger partial charge in [0, 0.05) is 45.2 Å². The van der Waals surface area contributed by atoms with Gasteiger partial charge in [-0.15, -0.1) is 0 Å². The van der Waals surface area contributed by atoms with E-state index in [0.29, 0.717) is 13.0 Å². The van der Waals surface area contributed by atoms with E-state index < -0.39 is 0 Å². The number of carbonyl (C=O) groups is 1. The summed E-state index contributed by atoms with van der Waals surface area (Å²) >= 11 is 0. The van der Waals surface area contributed by atoms with E-state index in [1.807, 2.05) is 4.90 Å². The maximum absolute atomic E-state index is 12.3. The molecule has 0 aliphatic carbocycles. The Kier molecular flexibility index (Phi) is 6.26. The Balaban J connectivity index is 1.66. The number of nitrogens with zero attached hydrogens (tertiary/aromatic N) is 2. The van der Waals surface area contributed by atoms with Gasteiger partial charge in [0.1, 0.15) is 0 Å². The number of ether oxygens (including phenoxy) is 1. The van der Waals surface area contributed by atoms with Gasteiger partial charge < -0.3 is 15.0 Å². The largest absolute Gasteiger partial charge is 0.378 e. The van der Waals surface area contributed by atoms with Crippen LogP contribution in [0.15, 0.2) is 0 Å². The summed E-state index contributed by atoms with van der Waals surface area (Å²) in [5.41, 5.74) is 0. The standard InChI is InChI=1S/C15H29N3O2/c1-13(2)3-5-17-6-8-18(9-7-17)15(19)11-14-12-20-10-4-16-14/h13-14,16H,3-12H2,1-2H3. The lowest BCUT2D eigenvalue weighted by Gasteiger charge is -2.36. The van der Waals surface area contributed by atoms with E-state index in [1.165, 1.54) is 6.42 Å². The Labute approximate surface area is 122 Å². The van der Waals surface area contributed by atoms with Crippen molar-refractivity contribution in [3.63, 3.8) is 0 Å². The third kappa shape index (κ3) is 5.04. The zero-order chi connectivity index (χ0) is 14.4. The first-order valence-corrected chi connectivity index (χ1v) is 7.96. The van der Waals surface area contributed by atoms with E-state index in [-0.39, 0.29) is 11.9 Å². The molecule has 2 rings (SSSR count). The molecule has 2 saturated heterocycles. The lowest BCUT2D eigenvalue weighted by Crippen LogP contribution is -2.51. The molecule has 2 aliphatic heterocycles. The number of amides is 1. The summed E-state index contributed by atoms with van der Waals surface area (Å²) in [5.74, 6) is 1.03. The van der Waals surface area contributed by atoms with Crippen LogP contribution in [0, 0.1) is 5.92 Å². The van der Waals surface area contributed by atoms with Crippen LogP contribution in [0.1, 0.15) is 26.7 Å². The van der Waals surface area contributed by atoms with E-state index in [9.17, 15) is 4.79 Å². The molecule has 0 bridgehead atoms. The predicted molar refractivity (Wildman–Crippen MR) is 79.7 cm³/mol. The van der Waals surface area contributed by atoms with Gasteiger partial charge in [-0.2, -0.15) is 0 Å². The molecule has 5 nitrogen and oxygen atoms in total. The van der Waals surface area contributed by atoms with Gasteiger partial charge in [-0.25, -0.2) is 0 Å². The Morgan fingerprint density at radius 1 is 1.30 bits per heavy atom. The number of rotatable bonds is 5. The molecule has 116 valence electrons.